The summed E-state index contributed by atoms with van der Waals surface area (Å²) in [5.41, 5.74) is 2.45. The van der Waals surface area contributed by atoms with Gasteiger partial charge < -0.3 is 0 Å². The van der Waals surface area contributed by atoms with Gasteiger partial charge in [-0.1, -0.05) is 30.1 Å². The highest BCUT2D eigenvalue weighted by atomic mass is 35.5. The number of nitriles is 1. The number of halogens is 2. The van der Waals surface area contributed by atoms with E-state index in [1.165, 1.54) is 44.1 Å². The number of benzene rings is 1. The number of hydrogen-bond donors (Lipinski definition) is 0. The maximum absolute atomic E-state index is 9.04. The first-order valence-corrected chi connectivity index (χ1v) is 7.63. The summed E-state index contributed by atoms with van der Waals surface area (Å²) >= 11 is 12.4. The Labute approximate surface area is 124 Å². The van der Waals surface area contributed by atoms with Gasteiger partial charge in [0.15, 0.2) is 0 Å². The van der Waals surface area contributed by atoms with Gasteiger partial charge in [-0.2, -0.15) is 5.26 Å². The molecule has 0 N–H and O–H groups in total. The molecule has 4 rings (SSSR count). The molecule has 3 heteroatoms. The van der Waals surface area contributed by atoms with E-state index >= 15 is 0 Å². The van der Waals surface area contributed by atoms with Crippen LogP contribution >= 0.6 is 23.2 Å². The molecule has 0 aromatic heterocycles. The molecule has 0 saturated heterocycles. The Hall–Kier alpha value is -0.710. The van der Waals surface area contributed by atoms with Crippen molar-refractivity contribution in [1.82, 2.24) is 0 Å². The Morgan fingerprint density at radius 3 is 1.89 bits per heavy atom. The minimum absolute atomic E-state index is 0.249. The molecule has 0 atom stereocenters. The molecule has 0 spiro atoms. The minimum atomic E-state index is 0.249. The lowest BCUT2D eigenvalue weighted by Crippen LogP contribution is -2.42. The summed E-state index contributed by atoms with van der Waals surface area (Å²) in [6.07, 6.45) is 7.55. The largest absolute Gasteiger partial charge is 0.192 e. The van der Waals surface area contributed by atoms with Crippen LogP contribution in [0.3, 0.4) is 0 Å². The van der Waals surface area contributed by atoms with Crippen LogP contribution in [0.4, 0.5) is 0 Å². The molecule has 2 bridgehead atoms. The first-order valence-electron chi connectivity index (χ1n) is 6.88. The summed E-state index contributed by atoms with van der Waals surface area (Å²) in [5.74, 6) is 0. The smallest absolute Gasteiger partial charge is 0.102 e. The second kappa shape index (κ2) is 4.40. The normalized spacial score (nSPS) is 33.2. The maximum Gasteiger partial charge on any atom is 0.102 e. The van der Waals surface area contributed by atoms with Crippen molar-refractivity contribution in [3.63, 3.8) is 0 Å². The Bertz CT molecular complexity index is 523. The summed E-state index contributed by atoms with van der Waals surface area (Å²) in [7, 11) is 0. The fourth-order valence-electron chi connectivity index (χ4n) is 3.79. The fraction of sp³-hybridized carbons (Fsp3) is 0.562. The van der Waals surface area contributed by atoms with Crippen LogP contribution in [-0.4, -0.2) is 0 Å². The van der Waals surface area contributed by atoms with Crippen molar-refractivity contribution in [2.45, 2.75) is 50.9 Å². The minimum Gasteiger partial charge on any atom is -0.192 e. The quantitative estimate of drug-likeness (QED) is 0.673. The van der Waals surface area contributed by atoms with Crippen molar-refractivity contribution in [3.05, 3.63) is 33.3 Å². The van der Waals surface area contributed by atoms with Gasteiger partial charge in [-0.15, -0.1) is 0 Å². The van der Waals surface area contributed by atoms with Crippen LogP contribution in [0.1, 0.15) is 56.6 Å². The van der Waals surface area contributed by atoms with Gasteiger partial charge in [0, 0.05) is 0 Å². The molecule has 3 aliphatic carbocycles. The van der Waals surface area contributed by atoms with Gasteiger partial charge in [0.1, 0.15) is 6.07 Å². The van der Waals surface area contributed by atoms with Crippen LogP contribution < -0.4 is 0 Å². The lowest BCUT2D eigenvalue weighted by Gasteiger charge is -2.52. The van der Waals surface area contributed by atoms with E-state index in [1.807, 2.05) is 12.1 Å². The maximum atomic E-state index is 9.04. The van der Waals surface area contributed by atoms with Crippen molar-refractivity contribution >= 4 is 23.2 Å². The van der Waals surface area contributed by atoms with Crippen LogP contribution in [0.15, 0.2) is 12.1 Å². The van der Waals surface area contributed by atoms with E-state index in [0.29, 0.717) is 21.0 Å². The van der Waals surface area contributed by atoms with E-state index in [0.717, 1.165) is 0 Å². The summed E-state index contributed by atoms with van der Waals surface area (Å²) < 4.78 is 0. The number of nitrogens with zero attached hydrogens (tertiary/aromatic N) is 1. The van der Waals surface area contributed by atoms with E-state index in [1.54, 1.807) is 0 Å². The molecule has 3 aliphatic rings. The second-order valence-corrected chi connectivity index (χ2v) is 7.33. The third kappa shape index (κ3) is 2.06. The Morgan fingerprint density at radius 2 is 1.47 bits per heavy atom. The van der Waals surface area contributed by atoms with Gasteiger partial charge in [-0.25, -0.2) is 0 Å². The van der Waals surface area contributed by atoms with E-state index in [-0.39, 0.29) is 5.41 Å². The summed E-state index contributed by atoms with van der Waals surface area (Å²) in [6.45, 7) is 2.41. The van der Waals surface area contributed by atoms with Crippen LogP contribution in [0.2, 0.25) is 10.0 Å². The zero-order valence-electron chi connectivity index (χ0n) is 11.1. The first-order chi connectivity index (χ1) is 8.98. The predicted octanol–water partition coefficient (Wildman–Crippen LogP) is 5.48. The third-order valence-electron chi connectivity index (χ3n) is 5.39. The number of hydrogen-bond acceptors (Lipinski definition) is 1. The lowest BCUT2D eigenvalue weighted by molar-refractivity contribution is 0.0556. The SMILES string of the molecule is CC12CCC(c3cc(Cl)c(C#N)c(Cl)c3)(CC1)CC2. The van der Waals surface area contributed by atoms with Crippen molar-refractivity contribution in [3.8, 4) is 6.07 Å². The molecule has 0 radical (unpaired) electrons. The average molecular weight is 294 g/mol. The zero-order valence-corrected chi connectivity index (χ0v) is 12.6. The number of rotatable bonds is 1. The topological polar surface area (TPSA) is 23.8 Å². The second-order valence-electron chi connectivity index (χ2n) is 6.52. The van der Waals surface area contributed by atoms with Crippen molar-refractivity contribution < 1.29 is 0 Å². The van der Waals surface area contributed by atoms with Crippen molar-refractivity contribution in [2.75, 3.05) is 0 Å². The van der Waals surface area contributed by atoms with Gasteiger partial charge in [-0.05, 0) is 67.1 Å². The molecule has 100 valence electrons. The van der Waals surface area contributed by atoms with Crippen LogP contribution in [0.25, 0.3) is 0 Å². The van der Waals surface area contributed by atoms with E-state index in [9.17, 15) is 0 Å². The van der Waals surface area contributed by atoms with Crippen LogP contribution in [0, 0.1) is 16.7 Å². The monoisotopic (exact) mass is 293 g/mol. The summed E-state index contributed by atoms with van der Waals surface area (Å²) in [5, 5.41) is 10.0. The van der Waals surface area contributed by atoms with Gasteiger partial charge in [0.25, 0.3) is 0 Å². The molecule has 0 heterocycles. The molecule has 1 aromatic rings. The lowest BCUT2D eigenvalue weighted by atomic mass is 9.52. The highest BCUT2D eigenvalue weighted by Gasteiger charge is 2.47. The van der Waals surface area contributed by atoms with E-state index in [2.05, 4.69) is 13.0 Å². The van der Waals surface area contributed by atoms with Crippen molar-refractivity contribution in [1.29, 1.82) is 5.26 Å². The Balaban J connectivity index is 2.02. The molecule has 1 nitrogen and oxygen atoms in total. The first kappa shape index (κ1) is 13.3. The highest BCUT2D eigenvalue weighted by molar-refractivity contribution is 6.36. The highest BCUT2D eigenvalue weighted by Crippen LogP contribution is 2.57. The molecule has 1 aromatic carbocycles. The van der Waals surface area contributed by atoms with E-state index < -0.39 is 0 Å². The standard InChI is InChI=1S/C16H17Cl2N/c1-15-2-5-16(6-3-15,7-4-15)11-8-13(17)12(10-19)14(18)9-11/h8-9H,2-7H2,1H3. The summed E-state index contributed by atoms with van der Waals surface area (Å²) in [4.78, 5) is 0. The Kier molecular flexibility index (Phi) is 3.08. The predicted molar refractivity (Wildman–Crippen MR) is 78.7 cm³/mol. The molecule has 3 fully saturated rings. The molecule has 19 heavy (non-hydrogen) atoms. The summed E-state index contributed by atoms with van der Waals surface area (Å²) in [6, 6.07) is 6.02. The molecular formula is C16H17Cl2N. The zero-order chi connectivity index (χ0) is 13.7. The molecule has 0 aliphatic heterocycles. The average Bonchev–Trinajstić information content (AvgIpc) is 2.39. The fourth-order valence-corrected chi connectivity index (χ4v) is 4.36. The van der Waals surface area contributed by atoms with Gasteiger partial charge in [0.2, 0.25) is 0 Å². The van der Waals surface area contributed by atoms with Crippen LogP contribution in [-0.2, 0) is 5.41 Å². The van der Waals surface area contributed by atoms with Gasteiger partial charge in [-0.3, -0.25) is 0 Å². The van der Waals surface area contributed by atoms with E-state index in [4.69, 9.17) is 28.5 Å². The molecule has 0 unspecified atom stereocenters. The van der Waals surface area contributed by atoms with Crippen molar-refractivity contribution in [2.24, 2.45) is 5.41 Å². The molecular weight excluding hydrogens is 277 g/mol. The van der Waals surface area contributed by atoms with Gasteiger partial charge in [0.05, 0.1) is 15.6 Å². The van der Waals surface area contributed by atoms with Gasteiger partial charge >= 0.3 is 0 Å². The van der Waals surface area contributed by atoms with Crippen LogP contribution in [0.5, 0.6) is 0 Å². The molecule has 3 saturated carbocycles. The third-order valence-corrected chi connectivity index (χ3v) is 5.98. The number of fused-ring (bicyclic) bond motifs is 3. The molecule has 0 amide bonds. The Morgan fingerprint density at radius 1 is 1.00 bits per heavy atom.